The number of hydrogen-bond acceptors (Lipinski definition) is 2. The molecule has 0 saturated carbocycles. The molecule has 0 fully saturated rings. The van der Waals surface area contributed by atoms with Gasteiger partial charge in [0.15, 0.2) is 0 Å². The van der Waals surface area contributed by atoms with Crippen molar-refractivity contribution in [3.8, 4) is 0 Å². The summed E-state index contributed by atoms with van der Waals surface area (Å²) in [7, 11) is 0. The zero-order valence-electron chi connectivity index (χ0n) is 11.6. The minimum absolute atomic E-state index is 0.0723. The molecule has 2 nitrogen and oxygen atoms in total. The van der Waals surface area contributed by atoms with Gasteiger partial charge in [0.25, 0.3) is 0 Å². The summed E-state index contributed by atoms with van der Waals surface area (Å²) in [6.07, 6.45) is 2.92. The molecule has 1 aromatic heterocycles. The first-order valence-electron chi connectivity index (χ1n) is 6.46. The number of aromatic nitrogens is 1. The van der Waals surface area contributed by atoms with E-state index in [9.17, 15) is 4.39 Å². The first-order chi connectivity index (χ1) is 9.06. The summed E-state index contributed by atoms with van der Waals surface area (Å²) in [6.45, 7) is 6.97. The van der Waals surface area contributed by atoms with Crippen LogP contribution in [0.4, 0.5) is 4.39 Å². The van der Waals surface area contributed by atoms with Gasteiger partial charge in [0.2, 0.25) is 0 Å². The van der Waals surface area contributed by atoms with Crippen molar-refractivity contribution < 1.29 is 4.39 Å². The molecule has 0 spiro atoms. The highest BCUT2D eigenvalue weighted by molar-refractivity contribution is 5.30. The number of pyridine rings is 1. The zero-order chi connectivity index (χ0) is 13.8. The summed E-state index contributed by atoms with van der Waals surface area (Å²) in [5.74, 6) is -0.294. The van der Waals surface area contributed by atoms with E-state index in [4.69, 9.17) is 0 Å². The first kappa shape index (κ1) is 13.7. The Morgan fingerprint density at radius 3 is 2.74 bits per heavy atom. The molecule has 3 heteroatoms. The summed E-state index contributed by atoms with van der Waals surface area (Å²) in [4.78, 5) is 3.88. The van der Waals surface area contributed by atoms with E-state index in [-0.39, 0.29) is 11.9 Å². The summed E-state index contributed by atoms with van der Waals surface area (Å²) in [5, 5.41) is 3.40. The van der Waals surface area contributed by atoms with Gasteiger partial charge in [-0.25, -0.2) is 4.39 Å². The minimum atomic E-state index is -0.294. The van der Waals surface area contributed by atoms with E-state index in [0.717, 1.165) is 12.1 Å². The normalized spacial score (nSPS) is 12.4. The molecule has 1 atom stereocenters. The first-order valence-corrected chi connectivity index (χ1v) is 6.46. The second-order valence-electron chi connectivity index (χ2n) is 4.97. The lowest BCUT2D eigenvalue weighted by Gasteiger charge is -2.15. The fraction of sp³-hybridized carbons (Fsp3) is 0.312. The van der Waals surface area contributed by atoms with E-state index in [1.807, 2.05) is 6.92 Å². The van der Waals surface area contributed by atoms with E-state index in [1.165, 1.54) is 29.0 Å². The molecule has 0 amide bonds. The van der Waals surface area contributed by atoms with Gasteiger partial charge in [-0.1, -0.05) is 23.8 Å². The van der Waals surface area contributed by atoms with Crippen molar-refractivity contribution in [2.75, 3.05) is 0 Å². The van der Waals surface area contributed by atoms with Gasteiger partial charge in [-0.05, 0) is 43.5 Å². The lowest BCUT2D eigenvalue weighted by atomic mass is 10.0. The van der Waals surface area contributed by atoms with Crippen molar-refractivity contribution in [2.45, 2.75) is 33.4 Å². The van der Waals surface area contributed by atoms with Gasteiger partial charge in [-0.15, -0.1) is 0 Å². The summed E-state index contributed by atoms with van der Waals surface area (Å²) in [6, 6.07) is 8.01. The SMILES string of the molecule is Cc1ccc(C)c(CN[C@@H](C)c2cncc(F)c2)c1. The predicted octanol–water partition coefficient (Wildman–Crippen LogP) is 3.69. The van der Waals surface area contributed by atoms with Crippen LogP contribution in [0.25, 0.3) is 0 Å². The van der Waals surface area contributed by atoms with Gasteiger partial charge in [-0.3, -0.25) is 4.98 Å². The maximum Gasteiger partial charge on any atom is 0.141 e. The quantitative estimate of drug-likeness (QED) is 0.904. The van der Waals surface area contributed by atoms with Gasteiger partial charge in [0.05, 0.1) is 6.20 Å². The van der Waals surface area contributed by atoms with E-state index < -0.39 is 0 Å². The Kier molecular flexibility index (Phi) is 4.27. The third kappa shape index (κ3) is 3.61. The topological polar surface area (TPSA) is 24.9 Å². The van der Waals surface area contributed by atoms with Crippen molar-refractivity contribution in [3.05, 3.63) is 64.7 Å². The summed E-state index contributed by atoms with van der Waals surface area (Å²) < 4.78 is 13.1. The Bertz CT molecular complexity index is 566. The molecule has 0 aliphatic carbocycles. The Labute approximate surface area is 113 Å². The second kappa shape index (κ2) is 5.93. The lowest BCUT2D eigenvalue weighted by molar-refractivity contribution is 0.560. The van der Waals surface area contributed by atoms with Crippen molar-refractivity contribution >= 4 is 0 Å². The molecule has 0 aliphatic rings. The molecule has 1 aromatic carbocycles. The van der Waals surface area contributed by atoms with Crippen molar-refractivity contribution in [2.24, 2.45) is 0 Å². The van der Waals surface area contributed by atoms with Crippen LogP contribution in [-0.2, 0) is 6.54 Å². The van der Waals surface area contributed by atoms with E-state index in [2.05, 4.69) is 42.3 Å². The smallest absolute Gasteiger partial charge is 0.141 e. The van der Waals surface area contributed by atoms with Gasteiger partial charge >= 0.3 is 0 Å². The second-order valence-corrected chi connectivity index (χ2v) is 4.97. The molecular weight excluding hydrogens is 239 g/mol. The molecule has 0 aliphatic heterocycles. The Morgan fingerprint density at radius 1 is 1.21 bits per heavy atom. The molecule has 2 rings (SSSR count). The largest absolute Gasteiger partial charge is 0.306 e. The predicted molar refractivity (Wildman–Crippen MR) is 75.4 cm³/mol. The maximum absolute atomic E-state index is 13.1. The van der Waals surface area contributed by atoms with Gasteiger partial charge in [-0.2, -0.15) is 0 Å². The van der Waals surface area contributed by atoms with Crippen LogP contribution in [-0.4, -0.2) is 4.98 Å². The van der Waals surface area contributed by atoms with Crippen LogP contribution in [0, 0.1) is 19.7 Å². The molecule has 1 N–H and O–H groups in total. The summed E-state index contributed by atoms with van der Waals surface area (Å²) in [5.41, 5.74) is 4.66. The molecule has 0 saturated heterocycles. The van der Waals surface area contributed by atoms with Crippen LogP contribution < -0.4 is 5.32 Å². The zero-order valence-corrected chi connectivity index (χ0v) is 11.6. The van der Waals surface area contributed by atoms with Crippen molar-refractivity contribution in [1.29, 1.82) is 0 Å². The van der Waals surface area contributed by atoms with Crippen LogP contribution in [0.1, 0.15) is 35.2 Å². The molecular formula is C16H19FN2. The van der Waals surface area contributed by atoms with Gasteiger partial charge in [0.1, 0.15) is 5.82 Å². The van der Waals surface area contributed by atoms with Gasteiger partial charge < -0.3 is 5.32 Å². The fourth-order valence-electron chi connectivity index (χ4n) is 2.04. The molecule has 0 bridgehead atoms. The monoisotopic (exact) mass is 258 g/mol. The highest BCUT2D eigenvalue weighted by Gasteiger charge is 2.07. The molecule has 100 valence electrons. The van der Waals surface area contributed by atoms with Crippen molar-refractivity contribution in [1.82, 2.24) is 10.3 Å². The number of nitrogens with zero attached hydrogens (tertiary/aromatic N) is 1. The lowest BCUT2D eigenvalue weighted by Crippen LogP contribution is -2.19. The highest BCUT2D eigenvalue weighted by atomic mass is 19.1. The van der Waals surface area contributed by atoms with E-state index >= 15 is 0 Å². The number of hydrogen-bond donors (Lipinski definition) is 1. The van der Waals surface area contributed by atoms with Gasteiger partial charge in [0, 0.05) is 18.8 Å². The number of halogens is 1. The fourth-order valence-corrected chi connectivity index (χ4v) is 2.04. The Hall–Kier alpha value is -1.74. The third-order valence-corrected chi connectivity index (χ3v) is 3.33. The third-order valence-electron chi connectivity index (χ3n) is 3.33. The average Bonchev–Trinajstić information content (AvgIpc) is 2.39. The number of rotatable bonds is 4. The van der Waals surface area contributed by atoms with Crippen LogP contribution >= 0.6 is 0 Å². The Balaban J connectivity index is 2.04. The van der Waals surface area contributed by atoms with Crippen LogP contribution in [0.5, 0.6) is 0 Å². The number of nitrogens with one attached hydrogen (secondary N) is 1. The molecule has 0 unspecified atom stereocenters. The average molecular weight is 258 g/mol. The minimum Gasteiger partial charge on any atom is -0.306 e. The molecule has 19 heavy (non-hydrogen) atoms. The highest BCUT2D eigenvalue weighted by Crippen LogP contribution is 2.15. The van der Waals surface area contributed by atoms with Crippen molar-refractivity contribution in [3.63, 3.8) is 0 Å². The number of aryl methyl sites for hydroxylation is 2. The Morgan fingerprint density at radius 2 is 2.00 bits per heavy atom. The molecule has 0 radical (unpaired) electrons. The van der Waals surface area contributed by atoms with Crippen LogP contribution in [0.2, 0.25) is 0 Å². The molecule has 1 heterocycles. The van der Waals surface area contributed by atoms with Crippen LogP contribution in [0.3, 0.4) is 0 Å². The standard InChI is InChI=1S/C16H19FN2/c1-11-4-5-12(2)14(6-11)9-19-13(3)15-7-16(17)10-18-8-15/h4-8,10,13,19H,9H2,1-3H3/t13-/m0/s1. The van der Waals surface area contributed by atoms with E-state index in [0.29, 0.717) is 0 Å². The van der Waals surface area contributed by atoms with E-state index in [1.54, 1.807) is 6.20 Å². The number of benzene rings is 1. The molecule has 2 aromatic rings. The van der Waals surface area contributed by atoms with Crippen LogP contribution in [0.15, 0.2) is 36.7 Å². The summed E-state index contributed by atoms with van der Waals surface area (Å²) >= 11 is 0. The maximum atomic E-state index is 13.1.